The number of para-hydroxylation sites is 1. The number of benzene rings is 4. The van der Waals surface area contributed by atoms with Crippen LogP contribution in [0.5, 0.6) is 0 Å². The smallest absolute Gasteiger partial charge is 0.236 e. The van der Waals surface area contributed by atoms with E-state index < -0.39 is 10.0 Å². The zero-order valence-electron chi connectivity index (χ0n) is 20.8. The largest absolute Gasteiger partial charge is 0.368 e. The normalized spacial score (nSPS) is 11.8. The van der Waals surface area contributed by atoms with Gasteiger partial charge in [0.15, 0.2) is 5.82 Å². The van der Waals surface area contributed by atoms with Gasteiger partial charge in [0.25, 0.3) is 0 Å². The Hall–Kier alpha value is -4.49. The highest BCUT2D eigenvalue weighted by atomic mass is 32.2. The zero-order valence-corrected chi connectivity index (χ0v) is 21.6. The van der Waals surface area contributed by atoms with Gasteiger partial charge in [0.05, 0.1) is 17.3 Å². The Labute approximate surface area is 221 Å². The van der Waals surface area contributed by atoms with Crippen LogP contribution in [0.1, 0.15) is 17.0 Å². The summed E-state index contributed by atoms with van der Waals surface area (Å²) in [5, 5.41) is 5.38. The molecule has 0 saturated carbocycles. The summed E-state index contributed by atoms with van der Waals surface area (Å²) in [5.41, 5.74) is 4.74. The third-order valence-electron chi connectivity index (χ3n) is 6.75. The van der Waals surface area contributed by atoms with Crippen LogP contribution in [0, 0.1) is 0 Å². The maximum atomic E-state index is 12.1. The van der Waals surface area contributed by atoms with Crippen LogP contribution in [0.4, 0.5) is 5.82 Å². The summed E-state index contributed by atoms with van der Waals surface area (Å²) >= 11 is 0. The van der Waals surface area contributed by atoms with Crippen molar-refractivity contribution in [2.75, 3.05) is 18.1 Å². The number of anilines is 1. The molecule has 1 N–H and O–H groups in total. The van der Waals surface area contributed by atoms with Crippen molar-refractivity contribution in [3.63, 3.8) is 0 Å². The summed E-state index contributed by atoms with van der Waals surface area (Å²) in [6.45, 7) is 0.657. The number of rotatable bonds is 7. The average molecular weight is 519 g/mol. The molecule has 0 bridgehead atoms. The fourth-order valence-electron chi connectivity index (χ4n) is 4.88. The molecular formula is C31H26N4O2S. The van der Waals surface area contributed by atoms with Gasteiger partial charge in [-0.05, 0) is 47.5 Å². The minimum Gasteiger partial charge on any atom is -0.368 e. The standard InChI is InChI=1S/C31H26N4O2S/c1-38(36,37)35-19-18-24-20-25(16-17-29(24)35)30-33-28-15-9-8-14-26(28)31(34-30)32-21-27(22-10-4-2-5-11-22)23-12-6-3-7-13-23/h2-20,27H,21H2,1H3,(H,32,33,34). The molecule has 6 aromatic rings. The SMILES string of the molecule is CS(=O)(=O)n1ccc2cc(-c3nc(NCC(c4ccccc4)c4ccccc4)c4ccccc4n3)ccc21. The van der Waals surface area contributed by atoms with Gasteiger partial charge in [-0.2, -0.15) is 0 Å². The molecule has 0 aliphatic heterocycles. The molecule has 0 fully saturated rings. The Kier molecular flexibility index (Phi) is 6.13. The maximum Gasteiger partial charge on any atom is 0.236 e. The Morgan fingerprint density at radius 2 is 1.45 bits per heavy atom. The lowest BCUT2D eigenvalue weighted by atomic mass is 9.91. The van der Waals surface area contributed by atoms with E-state index in [1.807, 2.05) is 48.5 Å². The van der Waals surface area contributed by atoms with E-state index in [4.69, 9.17) is 9.97 Å². The quantitative estimate of drug-likeness (QED) is 0.268. The highest BCUT2D eigenvalue weighted by Gasteiger charge is 2.17. The zero-order chi connectivity index (χ0) is 26.1. The molecule has 2 aromatic heterocycles. The highest BCUT2D eigenvalue weighted by molar-refractivity contribution is 7.89. The van der Waals surface area contributed by atoms with Crippen molar-refractivity contribution in [1.29, 1.82) is 0 Å². The Bertz CT molecular complexity index is 1810. The molecule has 7 heteroatoms. The maximum absolute atomic E-state index is 12.1. The number of nitrogens with one attached hydrogen (secondary N) is 1. The first-order valence-corrected chi connectivity index (χ1v) is 14.2. The number of aromatic nitrogens is 3. The lowest BCUT2D eigenvalue weighted by Gasteiger charge is -2.20. The Morgan fingerprint density at radius 1 is 0.789 bits per heavy atom. The predicted octanol–water partition coefficient (Wildman–Crippen LogP) is 6.30. The van der Waals surface area contributed by atoms with E-state index in [2.05, 4.69) is 53.8 Å². The highest BCUT2D eigenvalue weighted by Crippen LogP contribution is 2.30. The molecular weight excluding hydrogens is 492 g/mol. The molecule has 0 aliphatic carbocycles. The van der Waals surface area contributed by atoms with Crippen LogP contribution >= 0.6 is 0 Å². The lowest BCUT2D eigenvalue weighted by Crippen LogP contribution is -2.15. The Balaban J connectivity index is 1.40. The van der Waals surface area contributed by atoms with Gasteiger partial charge < -0.3 is 5.32 Å². The van der Waals surface area contributed by atoms with Crippen molar-refractivity contribution in [1.82, 2.24) is 13.9 Å². The second kappa shape index (κ2) is 9.76. The summed E-state index contributed by atoms with van der Waals surface area (Å²) in [5.74, 6) is 1.48. The fraction of sp³-hybridized carbons (Fsp3) is 0.0968. The minimum absolute atomic E-state index is 0.140. The number of hydrogen-bond acceptors (Lipinski definition) is 5. The van der Waals surface area contributed by atoms with E-state index in [1.165, 1.54) is 21.4 Å². The van der Waals surface area contributed by atoms with Crippen LogP contribution in [0.3, 0.4) is 0 Å². The third kappa shape index (κ3) is 4.64. The van der Waals surface area contributed by atoms with Gasteiger partial charge in [-0.15, -0.1) is 0 Å². The number of fused-ring (bicyclic) bond motifs is 2. The molecule has 0 saturated heterocycles. The van der Waals surface area contributed by atoms with E-state index in [9.17, 15) is 8.42 Å². The summed E-state index contributed by atoms with van der Waals surface area (Å²) in [6, 6.07) is 36.3. The van der Waals surface area contributed by atoms with Crippen LogP contribution in [-0.2, 0) is 10.0 Å². The van der Waals surface area contributed by atoms with Crippen LogP contribution in [0.25, 0.3) is 33.2 Å². The van der Waals surface area contributed by atoms with E-state index in [0.29, 0.717) is 17.9 Å². The molecule has 6 rings (SSSR count). The van der Waals surface area contributed by atoms with Crippen LogP contribution < -0.4 is 5.32 Å². The van der Waals surface area contributed by atoms with Crippen molar-refractivity contribution in [2.45, 2.75) is 5.92 Å². The van der Waals surface area contributed by atoms with Gasteiger partial charge in [0, 0.05) is 35.0 Å². The second-order valence-corrected chi connectivity index (χ2v) is 11.2. The first kappa shape index (κ1) is 23.9. The van der Waals surface area contributed by atoms with Crippen molar-refractivity contribution in [3.8, 4) is 11.4 Å². The van der Waals surface area contributed by atoms with Gasteiger partial charge in [-0.3, -0.25) is 0 Å². The minimum atomic E-state index is -3.39. The molecule has 6 nitrogen and oxygen atoms in total. The van der Waals surface area contributed by atoms with Crippen LogP contribution in [-0.4, -0.2) is 35.2 Å². The first-order valence-electron chi connectivity index (χ1n) is 12.4. The van der Waals surface area contributed by atoms with E-state index in [0.717, 1.165) is 27.7 Å². The number of hydrogen-bond donors (Lipinski definition) is 1. The van der Waals surface area contributed by atoms with Gasteiger partial charge in [-0.1, -0.05) is 72.8 Å². The molecule has 0 aliphatic rings. The average Bonchev–Trinajstić information content (AvgIpc) is 3.38. The first-order chi connectivity index (χ1) is 18.5. The van der Waals surface area contributed by atoms with Crippen LogP contribution in [0.15, 0.2) is 115 Å². The van der Waals surface area contributed by atoms with E-state index in [-0.39, 0.29) is 5.92 Å². The lowest BCUT2D eigenvalue weighted by molar-refractivity contribution is 0.595. The Morgan fingerprint density at radius 3 is 2.13 bits per heavy atom. The molecule has 0 radical (unpaired) electrons. The van der Waals surface area contributed by atoms with Crippen molar-refractivity contribution in [2.24, 2.45) is 0 Å². The van der Waals surface area contributed by atoms with Gasteiger partial charge in [0.2, 0.25) is 10.0 Å². The molecule has 188 valence electrons. The summed E-state index contributed by atoms with van der Waals surface area (Å²) in [7, 11) is -3.39. The molecule has 0 unspecified atom stereocenters. The van der Waals surface area contributed by atoms with Crippen molar-refractivity contribution < 1.29 is 8.42 Å². The van der Waals surface area contributed by atoms with Gasteiger partial charge in [0.1, 0.15) is 5.82 Å². The number of nitrogens with zero attached hydrogens (tertiary/aromatic N) is 3. The van der Waals surface area contributed by atoms with E-state index >= 15 is 0 Å². The molecule has 0 spiro atoms. The molecule has 4 aromatic carbocycles. The van der Waals surface area contributed by atoms with Crippen molar-refractivity contribution in [3.05, 3.63) is 127 Å². The molecule has 0 amide bonds. The predicted molar refractivity (Wildman–Crippen MR) is 154 cm³/mol. The summed E-state index contributed by atoms with van der Waals surface area (Å²) in [6.07, 6.45) is 2.77. The second-order valence-electron chi connectivity index (χ2n) is 9.32. The summed E-state index contributed by atoms with van der Waals surface area (Å²) < 4.78 is 25.5. The monoisotopic (exact) mass is 518 g/mol. The van der Waals surface area contributed by atoms with Crippen LogP contribution in [0.2, 0.25) is 0 Å². The van der Waals surface area contributed by atoms with E-state index in [1.54, 1.807) is 18.3 Å². The molecule has 2 heterocycles. The topological polar surface area (TPSA) is 76.9 Å². The van der Waals surface area contributed by atoms with Gasteiger partial charge in [-0.25, -0.2) is 22.4 Å². The molecule has 0 atom stereocenters. The summed E-state index contributed by atoms with van der Waals surface area (Å²) in [4.78, 5) is 9.78. The van der Waals surface area contributed by atoms with Gasteiger partial charge >= 0.3 is 0 Å². The fourth-order valence-corrected chi connectivity index (χ4v) is 5.69. The third-order valence-corrected chi connectivity index (χ3v) is 7.78. The molecule has 38 heavy (non-hydrogen) atoms. The van der Waals surface area contributed by atoms with Crippen molar-refractivity contribution >= 4 is 37.6 Å².